The Morgan fingerprint density at radius 1 is 1.29 bits per heavy atom. The second-order valence-electron chi connectivity index (χ2n) is 5.97. The van der Waals surface area contributed by atoms with Gasteiger partial charge in [-0.15, -0.1) is 0 Å². The number of benzene rings is 1. The number of aromatic nitrogens is 2. The predicted octanol–water partition coefficient (Wildman–Crippen LogP) is 3.38. The molecular weight excluding hydrogens is 308 g/mol. The fourth-order valence-electron chi connectivity index (χ4n) is 3.44. The van der Waals surface area contributed by atoms with Gasteiger partial charge in [0.25, 0.3) is 11.6 Å². The van der Waals surface area contributed by atoms with Crippen LogP contribution in [0.25, 0.3) is 10.9 Å². The first kappa shape index (κ1) is 14.5. The van der Waals surface area contributed by atoms with Gasteiger partial charge in [0.2, 0.25) is 0 Å². The summed E-state index contributed by atoms with van der Waals surface area (Å²) in [6.07, 6.45) is 5.39. The summed E-state index contributed by atoms with van der Waals surface area (Å²) in [6, 6.07) is 8.50. The molecule has 1 atom stereocenters. The zero-order valence-electron chi connectivity index (χ0n) is 12.9. The Morgan fingerprint density at radius 3 is 2.92 bits per heavy atom. The van der Waals surface area contributed by atoms with Crippen LogP contribution in [0.5, 0.6) is 0 Å². The molecule has 0 bridgehead atoms. The van der Waals surface area contributed by atoms with Crippen LogP contribution in [0.15, 0.2) is 42.7 Å². The number of carbonyl (C=O) groups excluding carboxylic acids is 1. The summed E-state index contributed by atoms with van der Waals surface area (Å²) < 4.78 is 0. The summed E-state index contributed by atoms with van der Waals surface area (Å²) in [5, 5.41) is 11.6. The van der Waals surface area contributed by atoms with E-state index in [-0.39, 0.29) is 17.6 Å². The van der Waals surface area contributed by atoms with Gasteiger partial charge in [0, 0.05) is 42.2 Å². The number of carbonyl (C=O) groups is 1. The first-order chi connectivity index (χ1) is 11.6. The van der Waals surface area contributed by atoms with Crippen LogP contribution in [-0.4, -0.2) is 32.2 Å². The SMILES string of the molecule is O=C(c1c[nH]c2cc([N+](=O)[O-])ccc12)N1CCC[C@H]1c1ccc[nH]1. The third kappa shape index (κ3) is 2.25. The molecule has 2 N–H and O–H groups in total. The maximum absolute atomic E-state index is 13.0. The van der Waals surface area contributed by atoms with Crippen LogP contribution in [0.3, 0.4) is 0 Å². The minimum absolute atomic E-state index is 0.00813. The average molecular weight is 324 g/mol. The third-order valence-corrected chi connectivity index (χ3v) is 4.60. The standard InChI is InChI=1S/C17H16N4O3/c22-17(20-8-2-4-16(20)14-3-1-7-18-14)13-10-19-15-9-11(21(23)24)5-6-12(13)15/h1,3,5-7,9-10,16,18-19H,2,4,8H2/t16-/m0/s1. The van der Waals surface area contributed by atoms with Crippen molar-refractivity contribution in [2.24, 2.45) is 0 Å². The molecule has 0 radical (unpaired) electrons. The first-order valence-electron chi connectivity index (χ1n) is 7.85. The van der Waals surface area contributed by atoms with Gasteiger partial charge in [0.15, 0.2) is 0 Å². The number of likely N-dealkylation sites (tertiary alicyclic amines) is 1. The van der Waals surface area contributed by atoms with Gasteiger partial charge in [-0.1, -0.05) is 0 Å². The van der Waals surface area contributed by atoms with E-state index in [4.69, 9.17) is 0 Å². The van der Waals surface area contributed by atoms with Crippen molar-refractivity contribution in [1.82, 2.24) is 14.9 Å². The number of nitro groups is 1. The summed E-state index contributed by atoms with van der Waals surface area (Å²) in [5.41, 5.74) is 2.20. The number of H-pyrrole nitrogens is 2. The van der Waals surface area contributed by atoms with E-state index in [2.05, 4.69) is 9.97 Å². The largest absolute Gasteiger partial charge is 0.363 e. The van der Waals surface area contributed by atoms with Crippen LogP contribution in [0.4, 0.5) is 5.69 Å². The Bertz CT molecular complexity index is 913. The molecule has 0 saturated carbocycles. The molecule has 1 fully saturated rings. The normalized spacial score (nSPS) is 17.5. The molecule has 3 heterocycles. The summed E-state index contributed by atoms with van der Waals surface area (Å²) in [4.78, 5) is 31.5. The summed E-state index contributed by atoms with van der Waals surface area (Å²) in [7, 11) is 0. The second kappa shape index (κ2) is 5.52. The van der Waals surface area contributed by atoms with Gasteiger partial charge in [0.1, 0.15) is 0 Å². The number of hydrogen-bond acceptors (Lipinski definition) is 3. The Hall–Kier alpha value is -3.09. The van der Waals surface area contributed by atoms with Gasteiger partial charge in [-0.25, -0.2) is 0 Å². The van der Waals surface area contributed by atoms with Crippen molar-refractivity contribution in [2.75, 3.05) is 6.54 Å². The number of rotatable bonds is 3. The van der Waals surface area contributed by atoms with E-state index in [1.54, 1.807) is 12.3 Å². The Labute approximate surface area is 137 Å². The van der Waals surface area contributed by atoms with Crippen molar-refractivity contribution in [2.45, 2.75) is 18.9 Å². The highest BCUT2D eigenvalue weighted by Gasteiger charge is 2.32. The summed E-state index contributed by atoms with van der Waals surface area (Å²) >= 11 is 0. The van der Waals surface area contributed by atoms with Gasteiger partial charge in [-0.2, -0.15) is 0 Å². The molecule has 7 heteroatoms. The monoisotopic (exact) mass is 324 g/mol. The molecule has 0 aliphatic carbocycles. The minimum Gasteiger partial charge on any atom is -0.363 e. The van der Waals surface area contributed by atoms with Gasteiger partial charge < -0.3 is 14.9 Å². The highest BCUT2D eigenvalue weighted by Crippen LogP contribution is 2.33. The van der Waals surface area contributed by atoms with Gasteiger partial charge in [0.05, 0.1) is 22.0 Å². The highest BCUT2D eigenvalue weighted by molar-refractivity contribution is 6.07. The Kier molecular flexibility index (Phi) is 3.34. The molecule has 2 aromatic heterocycles. The van der Waals surface area contributed by atoms with Gasteiger partial charge in [-0.05, 0) is 31.0 Å². The van der Waals surface area contributed by atoms with Gasteiger partial charge in [-0.3, -0.25) is 14.9 Å². The lowest BCUT2D eigenvalue weighted by atomic mass is 10.1. The topological polar surface area (TPSA) is 95.0 Å². The van der Waals surface area contributed by atoms with Crippen molar-refractivity contribution in [3.8, 4) is 0 Å². The second-order valence-corrected chi connectivity index (χ2v) is 5.97. The number of nitrogens with zero attached hydrogens (tertiary/aromatic N) is 2. The summed E-state index contributed by atoms with van der Waals surface area (Å²) in [6.45, 7) is 0.710. The fraction of sp³-hybridized carbons (Fsp3) is 0.235. The van der Waals surface area contributed by atoms with E-state index >= 15 is 0 Å². The van der Waals surface area contributed by atoms with Crippen molar-refractivity contribution in [1.29, 1.82) is 0 Å². The predicted molar refractivity (Wildman–Crippen MR) is 88.8 cm³/mol. The molecule has 1 saturated heterocycles. The molecule has 24 heavy (non-hydrogen) atoms. The minimum atomic E-state index is -0.441. The molecule has 122 valence electrons. The van der Waals surface area contributed by atoms with E-state index in [1.807, 2.05) is 23.2 Å². The zero-order valence-corrected chi connectivity index (χ0v) is 12.9. The van der Waals surface area contributed by atoms with E-state index in [1.165, 1.54) is 12.1 Å². The number of amides is 1. The maximum Gasteiger partial charge on any atom is 0.271 e. The molecule has 4 rings (SSSR count). The van der Waals surface area contributed by atoms with Crippen molar-refractivity contribution in [3.05, 3.63) is 64.1 Å². The van der Waals surface area contributed by atoms with E-state index < -0.39 is 4.92 Å². The van der Waals surface area contributed by atoms with Crippen LogP contribution in [0.2, 0.25) is 0 Å². The number of non-ortho nitro benzene ring substituents is 1. The van der Waals surface area contributed by atoms with Crippen molar-refractivity contribution < 1.29 is 9.72 Å². The Balaban J connectivity index is 1.69. The van der Waals surface area contributed by atoms with Crippen LogP contribution >= 0.6 is 0 Å². The number of nitrogens with one attached hydrogen (secondary N) is 2. The molecule has 1 aliphatic rings. The van der Waals surface area contributed by atoms with Crippen molar-refractivity contribution >= 4 is 22.5 Å². The van der Waals surface area contributed by atoms with Crippen LogP contribution < -0.4 is 0 Å². The molecule has 1 aromatic carbocycles. The van der Waals surface area contributed by atoms with Crippen molar-refractivity contribution in [3.63, 3.8) is 0 Å². The molecule has 7 nitrogen and oxygen atoms in total. The van der Waals surface area contributed by atoms with E-state index in [0.29, 0.717) is 23.0 Å². The zero-order chi connectivity index (χ0) is 16.7. The number of hydrogen-bond donors (Lipinski definition) is 2. The Morgan fingerprint density at radius 2 is 2.17 bits per heavy atom. The lowest BCUT2D eigenvalue weighted by Gasteiger charge is -2.23. The third-order valence-electron chi connectivity index (χ3n) is 4.60. The highest BCUT2D eigenvalue weighted by atomic mass is 16.6. The van der Waals surface area contributed by atoms with Gasteiger partial charge >= 0.3 is 0 Å². The number of fused-ring (bicyclic) bond motifs is 1. The molecular formula is C17H16N4O3. The van der Waals surface area contributed by atoms with Crippen LogP contribution in [0.1, 0.15) is 34.9 Å². The number of nitro benzene ring substituents is 1. The van der Waals surface area contributed by atoms with Crippen LogP contribution in [-0.2, 0) is 0 Å². The summed E-state index contributed by atoms with van der Waals surface area (Å²) in [5.74, 6) is -0.0489. The smallest absolute Gasteiger partial charge is 0.271 e. The van der Waals surface area contributed by atoms with E-state index in [9.17, 15) is 14.9 Å². The lowest BCUT2D eigenvalue weighted by Crippen LogP contribution is -2.30. The van der Waals surface area contributed by atoms with E-state index in [0.717, 1.165) is 18.5 Å². The molecule has 1 aliphatic heterocycles. The molecule has 1 amide bonds. The fourth-order valence-corrected chi connectivity index (χ4v) is 3.44. The average Bonchev–Trinajstić information content (AvgIpc) is 3.31. The molecule has 3 aromatic rings. The quantitative estimate of drug-likeness (QED) is 0.571. The molecule has 0 unspecified atom stereocenters. The number of aromatic amines is 2. The lowest BCUT2D eigenvalue weighted by molar-refractivity contribution is -0.384. The van der Waals surface area contributed by atoms with Crippen LogP contribution in [0, 0.1) is 10.1 Å². The maximum atomic E-state index is 13.0. The molecule has 0 spiro atoms. The first-order valence-corrected chi connectivity index (χ1v) is 7.85.